The van der Waals surface area contributed by atoms with Crippen LogP contribution in [0, 0.1) is 5.82 Å². The Hall–Kier alpha value is -3.88. The zero-order chi connectivity index (χ0) is 30.1. The van der Waals surface area contributed by atoms with Gasteiger partial charge in [-0.05, 0) is 42.8 Å². The SMILES string of the molecule is NCCC1C(=O)N(Cc2ccccc2F)C[C@@H]2N(C(=O)OCc3cc(C(F)(F)F)cc(C(F)(F)F)c3)CCC(=O)N12. The van der Waals surface area contributed by atoms with E-state index in [0.717, 1.165) is 4.90 Å². The van der Waals surface area contributed by atoms with E-state index in [0.29, 0.717) is 12.1 Å². The van der Waals surface area contributed by atoms with Crippen molar-refractivity contribution in [1.29, 1.82) is 0 Å². The molecule has 2 fully saturated rings. The third-order valence-corrected chi connectivity index (χ3v) is 6.86. The molecule has 0 bridgehead atoms. The number of hydrogen-bond acceptors (Lipinski definition) is 5. The summed E-state index contributed by atoms with van der Waals surface area (Å²) >= 11 is 0. The van der Waals surface area contributed by atoms with Crippen molar-refractivity contribution in [2.24, 2.45) is 5.73 Å². The number of carbonyl (C=O) groups excluding carboxylic acids is 3. The second kappa shape index (κ2) is 11.5. The third-order valence-electron chi connectivity index (χ3n) is 6.86. The van der Waals surface area contributed by atoms with Crippen LogP contribution in [0.3, 0.4) is 0 Å². The van der Waals surface area contributed by atoms with E-state index in [1.165, 1.54) is 28.0 Å². The van der Waals surface area contributed by atoms with Crippen LogP contribution in [0.25, 0.3) is 0 Å². The number of rotatable bonds is 6. The van der Waals surface area contributed by atoms with Gasteiger partial charge >= 0.3 is 18.4 Å². The quantitative estimate of drug-likeness (QED) is 0.511. The maximum Gasteiger partial charge on any atom is 0.416 e. The molecule has 2 aliphatic rings. The molecule has 15 heteroatoms. The largest absolute Gasteiger partial charge is 0.444 e. The number of ether oxygens (including phenoxy) is 1. The minimum Gasteiger partial charge on any atom is -0.444 e. The van der Waals surface area contributed by atoms with Crippen LogP contribution in [0.4, 0.5) is 35.5 Å². The van der Waals surface area contributed by atoms with Gasteiger partial charge in [-0.2, -0.15) is 26.3 Å². The number of amides is 3. The first-order chi connectivity index (χ1) is 19.2. The van der Waals surface area contributed by atoms with Gasteiger partial charge in [0.1, 0.15) is 24.6 Å². The van der Waals surface area contributed by atoms with Crippen molar-refractivity contribution in [1.82, 2.24) is 14.7 Å². The zero-order valence-electron chi connectivity index (χ0n) is 21.3. The molecule has 2 aliphatic heterocycles. The molecule has 0 spiro atoms. The fraction of sp³-hybridized carbons (Fsp3) is 0.423. The van der Waals surface area contributed by atoms with Gasteiger partial charge in [-0.15, -0.1) is 0 Å². The molecular formula is C26H25F7N4O4. The van der Waals surface area contributed by atoms with Crippen LogP contribution in [-0.2, 0) is 39.8 Å². The Balaban J connectivity index is 1.58. The molecule has 4 rings (SSSR count). The number of halogens is 7. The second-order valence-electron chi connectivity index (χ2n) is 9.60. The van der Waals surface area contributed by atoms with Crippen molar-refractivity contribution in [3.05, 3.63) is 70.5 Å². The van der Waals surface area contributed by atoms with Crippen molar-refractivity contribution in [3.8, 4) is 0 Å². The Morgan fingerprint density at radius 2 is 1.63 bits per heavy atom. The summed E-state index contributed by atoms with van der Waals surface area (Å²) in [4.78, 5) is 42.7. The summed E-state index contributed by atoms with van der Waals surface area (Å²) in [7, 11) is 0. The molecule has 0 aliphatic carbocycles. The molecule has 41 heavy (non-hydrogen) atoms. The summed E-state index contributed by atoms with van der Waals surface area (Å²) in [6.45, 7) is -1.53. The maximum absolute atomic E-state index is 14.3. The average Bonchev–Trinajstić information content (AvgIpc) is 2.90. The van der Waals surface area contributed by atoms with E-state index in [9.17, 15) is 45.1 Å². The lowest BCUT2D eigenvalue weighted by Gasteiger charge is -2.51. The van der Waals surface area contributed by atoms with Gasteiger partial charge in [0.25, 0.3) is 0 Å². The van der Waals surface area contributed by atoms with E-state index in [4.69, 9.17) is 10.5 Å². The molecule has 2 atom stereocenters. The summed E-state index contributed by atoms with van der Waals surface area (Å²) in [6.07, 6.45) is -12.6. The topological polar surface area (TPSA) is 96.2 Å². The molecule has 2 aromatic carbocycles. The minimum atomic E-state index is -5.08. The molecule has 0 radical (unpaired) electrons. The van der Waals surface area contributed by atoms with Crippen molar-refractivity contribution in [2.45, 2.75) is 50.6 Å². The van der Waals surface area contributed by atoms with Crippen LogP contribution in [0.2, 0.25) is 0 Å². The van der Waals surface area contributed by atoms with Crippen molar-refractivity contribution in [3.63, 3.8) is 0 Å². The van der Waals surface area contributed by atoms with Crippen LogP contribution in [-0.4, -0.2) is 64.4 Å². The second-order valence-corrected chi connectivity index (χ2v) is 9.60. The Labute approximate surface area is 229 Å². The lowest BCUT2D eigenvalue weighted by Crippen LogP contribution is -2.71. The van der Waals surface area contributed by atoms with Crippen molar-refractivity contribution < 1.29 is 49.9 Å². The van der Waals surface area contributed by atoms with Crippen LogP contribution in [0.1, 0.15) is 35.1 Å². The molecule has 2 heterocycles. The summed E-state index contributed by atoms with van der Waals surface area (Å²) in [5.41, 5.74) is 2.18. The summed E-state index contributed by atoms with van der Waals surface area (Å²) in [5.74, 6) is -1.54. The van der Waals surface area contributed by atoms with E-state index in [2.05, 4.69) is 0 Å². The first kappa shape index (κ1) is 30.1. The van der Waals surface area contributed by atoms with E-state index in [1.54, 1.807) is 6.07 Å². The van der Waals surface area contributed by atoms with Crippen molar-refractivity contribution in [2.75, 3.05) is 19.6 Å². The molecule has 0 aromatic heterocycles. The van der Waals surface area contributed by atoms with Gasteiger partial charge in [-0.3, -0.25) is 14.5 Å². The highest BCUT2D eigenvalue weighted by atomic mass is 19.4. The van der Waals surface area contributed by atoms with Crippen LogP contribution < -0.4 is 5.73 Å². The lowest BCUT2D eigenvalue weighted by molar-refractivity contribution is -0.168. The number of alkyl halides is 6. The number of benzene rings is 2. The smallest absolute Gasteiger partial charge is 0.416 e. The van der Waals surface area contributed by atoms with Gasteiger partial charge in [0.05, 0.1) is 17.7 Å². The molecule has 3 amide bonds. The molecule has 222 valence electrons. The van der Waals surface area contributed by atoms with Gasteiger partial charge in [0.2, 0.25) is 11.8 Å². The van der Waals surface area contributed by atoms with E-state index in [1.807, 2.05) is 0 Å². The first-order valence-corrected chi connectivity index (χ1v) is 12.5. The van der Waals surface area contributed by atoms with Gasteiger partial charge in [0, 0.05) is 25.1 Å². The molecule has 2 aromatic rings. The minimum absolute atomic E-state index is 0.00196. The molecule has 1 unspecified atom stereocenters. The Morgan fingerprint density at radius 3 is 2.22 bits per heavy atom. The van der Waals surface area contributed by atoms with E-state index in [-0.39, 0.29) is 50.7 Å². The lowest BCUT2D eigenvalue weighted by atomic mass is 10.0. The Morgan fingerprint density at radius 1 is 1.00 bits per heavy atom. The van der Waals surface area contributed by atoms with Gasteiger partial charge in [-0.1, -0.05) is 18.2 Å². The fourth-order valence-electron chi connectivity index (χ4n) is 4.93. The first-order valence-electron chi connectivity index (χ1n) is 12.5. The van der Waals surface area contributed by atoms with Gasteiger partial charge in [0.15, 0.2) is 0 Å². The average molecular weight is 590 g/mol. The van der Waals surface area contributed by atoms with Gasteiger partial charge in [-0.25, -0.2) is 9.18 Å². The molecule has 2 saturated heterocycles. The van der Waals surface area contributed by atoms with Crippen molar-refractivity contribution >= 4 is 17.9 Å². The number of hydrogen-bond donors (Lipinski definition) is 1. The number of nitrogens with two attached hydrogens (primary N) is 1. The number of fused-ring (bicyclic) bond motifs is 1. The van der Waals surface area contributed by atoms with Crippen LogP contribution in [0.15, 0.2) is 42.5 Å². The van der Waals surface area contributed by atoms with Crippen LogP contribution in [0.5, 0.6) is 0 Å². The Bertz CT molecular complexity index is 1290. The summed E-state index contributed by atoms with van der Waals surface area (Å²) in [6, 6.07) is 5.49. The third kappa shape index (κ3) is 6.55. The molecular weight excluding hydrogens is 565 g/mol. The summed E-state index contributed by atoms with van der Waals surface area (Å²) < 4.78 is 98.7. The highest BCUT2D eigenvalue weighted by Gasteiger charge is 2.49. The van der Waals surface area contributed by atoms with E-state index < -0.39 is 71.6 Å². The number of nitrogens with zero attached hydrogens (tertiary/aromatic N) is 3. The Kier molecular flexibility index (Phi) is 8.47. The highest BCUT2D eigenvalue weighted by Crippen LogP contribution is 2.36. The molecule has 0 saturated carbocycles. The standard InChI is InChI=1S/C26H25F7N4O4/c27-19-4-2-1-3-16(19)12-35-13-21-36(8-6-22(38)37(21)20(5-7-34)23(35)39)24(40)41-14-15-9-17(25(28,29)30)11-18(10-15)26(31,32)33/h1-4,9-11,20-21H,5-8,12-14,34H2/t20?,21-/m1/s1. The van der Waals surface area contributed by atoms with E-state index >= 15 is 0 Å². The number of piperazine rings is 1. The van der Waals surface area contributed by atoms with Crippen LogP contribution >= 0.6 is 0 Å². The number of carbonyl (C=O) groups is 3. The van der Waals surface area contributed by atoms with Gasteiger partial charge < -0.3 is 20.3 Å². The zero-order valence-corrected chi connectivity index (χ0v) is 21.3. The molecule has 8 nitrogen and oxygen atoms in total. The fourth-order valence-corrected chi connectivity index (χ4v) is 4.93. The highest BCUT2D eigenvalue weighted by molar-refractivity contribution is 5.90. The predicted octanol–water partition coefficient (Wildman–Crippen LogP) is 4.12. The predicted molar refractivity (Wildman–Crippen MR) is 128 cm³/mol. The molecule has 2 N–H and O–H groups in total. The monoisotopic (exact) mass is 590 g/mol. The maximum atomic E-state index is 14.3. The summed E-state index contributed by atoms with van der Waals surface area (Å²) in [5, 5.41) is 0. The normalized spacial score (nSPS) is 19.9.